The third kappa shape index (κ3) is 5.63. The van der Waals surface area contributed by atoms with Gasteiger partial charge in [0.1, 0.15) is 0 Å². The van der Waals surface area contributed by atoms with Gasteiger partial charge < -0.3 is 10.3 Å². The van der Waals surface area contributed by atoms with Crippen molar-refractivity contribution in [2.24, 2.45) is 5.41 Å². The summed E-state index contributed by atoms with van der Waals surface area (Å²) in [7, 11) is 0. The van der Waals surface area contributed by atoms with Gasteiger partial charge in [0, 0.05) is 25.0 Å². The first-order chi connectivity index (χ1) is 6.97. The fourth-order valence-electron chi connectivity index (χ4n) is 1.51. The molecular formula is C13H24N2. The number of aromatic amines is 1. The second kappa shape index (κ2) is 5.36. The number of H-pyrrole nitrogens is 1. The minimum atomic E-state index is 0.448. The molecule has 15 heavy (non-hydrogen) atoms. The van der Waals surface area contributed by atoms with Gasteiger partial charge >= 0.3 is 0 Å². The molecule has 1 heterocycles. The van der Waals surface area contributed by atoms with Crippen LogP contribution in [0.2, 0.25) is 0 Å². The summed E-state index contributed by atoms with van der Waals surface area (Å²) in [6, 6.07) is 2.71. The highest BCUT2D eigenvalue weighted by atomic mass is 14.9. The normalized spacial score (nSPS) is 14.1. The predicted octanol–water partition coefficient (Wildman–Crippen LogP) is 3.32. The number of rotatable bonds is 5. The van der Waals surface area contributed by atoms with Crippen molar-refractivity contribution in [3.8, 4) is 0 Å². The lowest BCUT2D eigenvalue weighted by molar-refractivity contribution is 0.336. The van der Waals surface area contributed by atoms with Gasteiger partial charge in [-0.3, -0.25) is 0 Å². The Hall–Kier alpha value is -0.760. The second-order valence-corrected chi connectivity index (χ2v) is 5.60. The highest BCUT2D eigenvalue weighted by Crippen LogP contribution is 2.21. The minimum absolute atomic E-state index is 0.448. The molecule has 2 nitrogen and oxygen atoms in total. The van der Waals surface area contributed by atoms with Crippen molar-refractivity contribution in [1.29, 1.82) is 0 Å². The fourth-order valence-corrected chi connectivity index (χ4v) is 1.51. The zero-order valence-corrected chi connectivity index (χ0v) is 10.4. The Morgan fingerprint density at radius 2 is 2.13 bits per heavy atom. The third-order valence-corrected chi connectivity index (χ3v) is 2.64. The number of hydrogen-bond donors (Lipinski definition) is 2. The van der Waals surface area contributed by atoms with Crippen LogP contribution in [0.4, 0.5) is 0 Å². The summed E-state index contributed by atoms with van der Waals surface area (Å²) in [5, 5.41) is 3.54. The van der Waals surface area contributed by atoms with E-state index in [1.807, 2.05) is 12.4 Å². The van der Waals surface area contributed by atoms with Crippen LogP contribution < -0.4 is 5.32 Å². The summed E-state index contributed by atoms with van der Waals surface area (Å²) in [5.41, 5.74) is 1.78. The van der Waals surface area contributed by atoms with E-state index in [1.54, 1.807) is 0 Å². The van der Waals surface area contributed by atoms with Gasteiger partial charge in [0.15, 0.2) is 0 Å². The molecule has 0 aliphatic rings. The van der Waals surface area contributed by atoms with Gasteiger partial charge in [0.05, 0.1) is 0 Å². The molecule has 86 valence electrons. The quantitative estimate of drug-likeness (QED) is 0.763. The van der Waals surface area contributed by atoms with Crippen LogP contribution in [0.5, 0.6) is 0 Å². The average Bonchev–Trinajstić information content (AvgIpc) is 2.62. The van der Waals surface area contributed by atoms with E-state index in [1.165, 1.54) is 18.4 Å². The molecule has 0 amide bonds. The van der Waals surface area contributed by atoms with Crippen LogP contribution in [0.1, 0.15) is 46.1 Å². The van der Waals surface area contributed by atoms with Crippen LogP contribution in [0.25, 0.3) is 0 Å². The Balaban J connectivity index is 2.16. The maximum absolute atomic E-state index is 3.54. The van der Waals surface area contributed by atoms with E-state index in [2.05, 4.69) is 44.1 Å². The van der Waals surface area contributed by atoms with Crippen molar-refractivity contribution in [2.45, 2.75) is 53.1 Å². The maximum Gasteiger partial charge on any atom is 0.0222 e. The molecular weight excluding hydrogens is 184 g/mol. The van der Waals surface area contributed by atoms with Crippen LogP contribution in [0, 0.1) is 5.41 Å². The smallest absolute Gasteiger partial charge is 0.0222 e. The van der Waals surface area contributed by atoms with Crippen LogP contribution in [-0.2, 0) is 6.54 Å². The number of nitrogens with one attached hydrogen (secondary N) is 2. The summed E-state index contributed by atoms with van der Waals surface area (Å²) in [6.07, 6.45) is 6.53. The van der Waals surface area contributed by atoms with Gasteiger partial charge in [-0.05, 0) is 36.8 Å². The molecule has 1 aromatic rings. The molecule has 0 radical (unpaired) electrons. The van der Waals surface area contributed by atoms with Crippen LogP contribution in [-0.4, -0.2) is 11.0 Å². The number of hydrogen-bond acceptors (Lipinski definition) is 1. The van der Waals surface area contributed by atoms with Crippen LogP contribution in [0.15, 0.2) is 18.5 Å². The lowest BCUT2D eigenvalue weighted by atomic mass is 9.89. The zero-order chi connectivity index (χ0) is 11.3. The molecule has 2 heteroatoms. The fraction of sp³-hybridized carbons (Fsp3) is 0.692. The van der Waals surface area contributed by atoms with E-state index in [0.717, 1.165) is 6.54 Å². The molecule has 1 rings (SSSR count). The second-order valence-electron chi connectivity index (χ2n) is 5.60. The first kappa shape index (κ1) is 12.3. The summed E-state index contributed by atoms with van der Waals surface area (Å²) in [4.78, 5) is 3.07. The van der Waals surface area contributed by atoms with E-state index in [4.69, 9.17) is 0 Å². The Bertz CT molecular complexity index is 257. The maximum atomic E-state index is 3.54. The predicted molar refractivity (Wildman–Crippen MR) is 65.8 cm³/mol. The van der Waals surface area contributed by atoms with E-state index < -0.39 is 0 Å². The topological polar surface area (TPSA) is 27.8 Å². The van der Waals surface area contributed by atoms with Crippen LogP contribution in [0.3, 0.4) is 0 Å². The van der Waals surface area contributed by atoms with Crippen molar-refractivity contribution >= 4 is 0 Å². The van der Waals surface area contributed by atoms with Crippen molar-refractivity contribution < 1.29 is 0 Å². The highest BCUT2D eigenvalue weighted by molar-refractivity contribution is 5.07. The van der Waals surface area contributed by atoms with Crippen molar-refractivity contribution in [2.75, 3.05) is 0 Å². The SMILES string of the molecule is CC(CCC(C)(C)C)NCc1cc[nH]c1. The summed E-state index contributed by atoms with van der Waals surface area (Å²) < 4.78 is 0. The molecule has 0 saturated heterocycles. The molecule has 0 aliphatic heterocycles. The minimum Gasteiger partial charge on any atom is -0.367 e. The van der Waals surface area contributed by atoms with Crippen LogP contribution >= 0.6 is 0 Å². The van der Waals surface area contributed by atoms with Gasteiger partial charge in [-0.25, -0.2) is 0 Å². The molecule has 1 atom stereocenters. The Kier molecular flexibility index (Phi) is 4.40. The van der Waals surface area contributed by atoms with E-state index in [0.29, 0.717) is 11.5 Å². The molecule has 0 aromatic carbocycles. The van der Waals surface area contributed by atoms with Crippen molar-refractivity contribution in [3.63, 3.8) is 0 Å². The van der Waals surface area contributed by atoms with E-state index in [9.17, 15) is 0 Å². The van der Waals surface area contributed by atoms with Gasteiger partial charge in [-0.2, -0.15) is 0 Å². The van der Waals surface area contributed by atoms with Crippen molar-refractivity contribution in [3.05, 3.63) is 24.0 Å². The summed E-state index contributed by atoms with van der Waals surface area (Å²) in [5.74, 6) is 0. The molecule has 2 N–H and O–H groups in total. The van der Waals surface area contributed by atoms with Gasteiger partial charge in [-0.1, -0.05) is 20.8 Å². The standard InChI is InChI=1S/C13H24N2/c1-11(5-7-13(2,3)4)15-10-12-6-8-14-9-12/h6,8-9,11,14-15H,5,7,10H2,1-4H3. The molecule has 0 saturated carbocycles. The molecule has 1 unspecified atom stereocenters. The first-order valence-electron chi connectivity index (χ1n) is 5.82. The molecule has 0 fully saturated rings. The van der Waals surface area contributed by atoms with E-state index in [-0.39, 0.29) is 0 Å². The summed E-state index contributed by atoms with van der Waals surface area (Å²) in [6.45, 7) is 10.1. The average molecular weight is 208 g/mol. The van der Waals surface area contributed by atoms with Gasteiger partial charge in [-0.15, -0.1) is 0 Å². The monoisotopic (exact) mass is 208 g/mol. The molecule has 0 aliphatic carbocycles. The Morgan fingerprint density at radius 1 is 1.40 bits per heavy atom. The van der Waals surface area contributed by atoms with E-state index >= 15 is 0 Å². The Labute approximate surface area is 93.5 Å². The third-order valence-electron chi connectivity index (χ3n) is 2.64. The lowest BCUT2D eigenvalue weighted by Gasteiger charge is -2.21. The zero-order valence-electron chi connectivity index (χ0n) is 10.4. The summed E-state index contributed by atoms with van der Waals surface area (Å²) >= 11 is 0. The van der Waals surface area contributed by atoms with Gasteiger partial charge in [0.25, 0.3) is 0 Å². The lowest BCUT2D eigenvalue weighted by Crippen LogP contribution is -2.26. The largest absolute Gasteiger partial charge is 0.367 e. The van der Waals surface area contributed by atoms with Gasteiger partial charge in [0.2, 0.25) is 0 Å². The molecule has 0 spiro atoms. The highest BCUT2D eigenvalue weighted by Gasteiger charge is 2.12. The first-order valence-corrected chi connectivity index (χ1v) is 5.82. The number of aromatic nitrogens is 1. The Morgan fingerprint density at radius 3 is 2.67 bits per heavy atom. The molecule has 0 bridgehead atoms. The van der Waals surface area contributed by atoms with Crippen molar-refractivity contribution in [1.82, 2.24) is 10.3 Å². The molecule has 1 aromatic heterocycles.